The molecular weight excluding hydrogens is 534 g/mol. The number of benzene rings is 1. The molecule has 1 unspecified atom stereocenters. The number of pyridine rings is 1. The number of hydrogen-bond acceptors (Lipinski definition) is 7. The third-order valence-electron chi connectivity index (χ3n) is 7.79. The van der Waals surface area contributed by atoms with Gasteiger partial charge < -0.3 is 25.3 Å². The fourth-order valence-electron chi connectivity index (χ4n) is 5.26. The lowest BCUT2D eigenvalue weighted by Crippen LogP contribution is -2.49. The summed E-state index contributed by atoms with van der Waals surface area (Å²) < 4.78 is 6.10. The van der Waals surface area contributed by atoms with E-state index in [9.17, 15) is 0 Å². The van der Waals surface area contributed by atoms with Crippen molar-refractivity contribution in [2.75, 3.05) is 70.2 Å². The van der Waals surface area contributed by atoms with Crippen molar-refractivity contribution in [3.05, 3.63) is 24.0 Å². The van der Waals surface area contributed by atoms with Gasteiger partial charge in [0.25, 0.3) is 0 Å². The Morgan fingerprint density at radius 1 is 1.02 bits per heavy atom. The number of ether oxygens (including phenoxy) is 1. The van der Waals surface area contributed by atoms with Gasteiger partial charge in [0, 0.05) is 68.2 Å². The molecule has 3 aromatic rings. The number of nitrogens with one attached hydrogen (secondary N) is 1. The number of nitrogens with two attached hydrogens (primary N) is 1. The third kappa shape index (κ3) is 11.2. The molecule has 3 N–H and O–H groups in total. The van der Waals surface area contributed by atoms with Crippen LogP contribution in [0.15, 0.2) is 18.2 Å². The molecule has 4 rings (SSSR count). The van der Waals surface area contributed by atoms with Gasteiger partial charge in [-0.15, -0.1) is 0 Å². The number of rotatable bonds is 12. The van der Waals surface area contributed by atoms with Gasteiger partial charge in [0.05, 0.1) is 18.7 Å². The predicted octanol–water partition coefficient (Wildman–Crippen LogP) is 7.62. The molecule has 1 atom stereocenters. The smallest absolute Gasteiger partial charge is 0.150 e. The van der Waals surface area contributed by atoms with Crippen molar-refractivity contribution in [3.63, 3.8) is 0 Å². The molecular formula is C35H65N7O. The summed E-state index contributed by atoms with van der Waals surface area (Å²) in [6.07, 6.45) is 3.12. The molecule has 2 aromatic heterocycles. The van der Waals surface area contributed by atoms with E-state index in [1.54, 1.807) is 0 Å². The van der Waals surface area contributed by atoms with E-state index in [1.807, 2.05) is 41.5 Å². The van der Waals surface area contributed by atoms with Crippen LogP contribution in [0.3, 0.4) is 0 Å². The number of imidazole rings is 1. The fraction of sp³-hybridized carbons (Fsp3) is 0.714. The zero-order valence-corrected chi connectivity index (χ0v) is 29.8. The van der Waals surface area contributed by atoms with Gasteiger partial charge in [-0.25, -0.2) is 9.97 Å². The number of piperazine rings is 1. The van der Waals surface area contributed by atoms with Crippen molar-refractivity contribution in [2.45, 2.75) is 101 Å². The van der Waals surface area contributed by atoms with E-state index >= 15 is 0 Å². The maximum atomic E-state index is 6.24. The standard InChI is InChI=1S/C29H47N7O.3C2H6/c1-7-9-25-32-26-23-18-22(10-11-24(23)31-28(30)27(26)33-25)36-14-12-35(13-15-36)19-29(4,5)20-37-17-16-34(6)21(3)8-2;3*1-2/h10-11,18,21H,7-9,12-17,19-20H2,1-6H3,(H2,30,31)(H,32,33);3*1-2H3. The molecule has 0 amide bonds. The van der Waals surface area contributed by atoms with Gasteiger partial charge in [-0.05, 0) is 45.0 Å². The summed E-state index contributed by atoms with van der Waals surface area (Å²) >= 11 is 0. The van der Waals surface area contributed by atoms with Gasteiger partial charge in [0.15, 0.2) is 0 Å². The molecule has 1 fully saturated rings. The van der Waals surface area contributed by atoms with Crippen molar-refractivity contribution in [1.29, 1.82) is 0 Å². The van der Waals surface area contributed by atoms with Gasteiger partial charge in [0.2, 0.25) is 0 Å². The molecule has 8 nitrogen and oxygen atoms in total. The largest absolute Gasteiger partial charge is 0.382 e. The summed E-state index contributed by atoms with van der Waals surface area (Å²) in [5.41, 5.74) is 10.3. The molecule has 1 aromatic carbocycles. The first-order valence-electron chi connectivity index (χ1n) is 17.0. The molecule has 43 heavy (non-hydrogen) atoms. The fourth-order valence-corrected chi connectivity index (χ4v) is 5.26. The lowest BCUT2D eigenvalue weighted by atomic mass is 9.93. The van der Waals surface area contributed by atoms with E-state index in [2.05, 4.69) is 84.5 Å². The number of aromatic nitrogens is 3. The van der Waals surface area contributed by atoms with Crippen LogP contribution in [0.1, 0.15) is 94.8 Å². The second kappa shape index (κ2) is 19.8. The lowest BCUT2D eigenvalue weighted by molar-refractivity contribution is 0.0269. The Morgan fingerprint density at radius 3 is 2.28 bits per heavy atom. The Morgan fingerprint density at radius 2 is 1.67 bits per heavy atom. The lowest BCUT2D eigenvalue weighted by Gasteiger charge is -2.39. The Balaban J connectivity index is 0.00000145. The van der Waals surface area contributed by atoms with E-state index in [1.165, 1.54) is 12.1 Å². The highest BCUT2D eigenvalue weighted by atomic mass is 16.5. The van der Waals surface area contributed by atoms with Crippen molar-refractivity contribution < 1.29 is 4.74 Å². The quantitative estimate of drug-likeness (QED) is 0.207. The van der Waals surface area contributed by atoms with Gasteiger partial charge in [0.1, 0.15) is 22.7 Å². The summed E-state index contributed by atoms with van der Waals surface area (Å²) in [6, 6.07) is 7.10. The van der Waals surface area contributed by atoms with Crippen LogP contribution in [0, 0.1) is 5.41 Å². The van der Waals surface area contributed by atoms with Crippen LogP contribution in [0.25, 0.3) is 21.9 Å². The average Bonchev–Trinajstić information content (AvgIpc) is 3.47. The van der Waals surface area contributed by atoms with Crippen LogP contribution >= 0.6 is 0 Å². The first kappa shape index (κ1) is 38.6. The number of nitrogens with zero attached hydrogens (tertiary/aromatic N) is 5. The molecule has 1 aliphatic rings. The Hall–Kier alpha value is -2.42. The second-order valence-corrected chi connectivity index (χ2v) is 11.6. The molecule has 0 bridgehead atoms. The molecule has 0 saturated carbocycles. The van der Waals surface area contributed by atoms with Crippen LogP contribution in [0.4, 0.5) is 11.5 Å². The first-order valence-corrected chi connectivity index (χ1v) is 17.0. The minimum atomic E-state index is 0.132. The van der Waals surface area contributed by atoms with Crippen molar-refractivity contribution in [2.24, 2.45) is 5.41 Å². The van der Waals surface area contributed by atoms with Gasteiger partial charge in [-0.2, -0.15) is 0 Å². The summed E-state index contributed by atoms with van der Waals surface area (Å²) in [5.74, 6) is 1.50. The summed E-state index contributed by atoms with van der Waals surface area (Å²) in [4.78, 5) is 20.3. The molecule has 1 aliphatic heterocycles. The van der Waals surface area contributed by atoms with E-state index < -0.39 is 0 Å². The minimum absolute atomic E-state index is 0.132. The number of aryl methyl sites for hydroxylation is 1. The average molecular weight is 600 g/mol. The molecule has 246 valence electrons. The first-order chi connectivity index (χ1) is 20.7. The highest BCUT2D eigenvalue weighted by Gasteiger charge is 2.26. The highest BCUT2D eigenvalue weighted by Crippen LogP contribution is 2.30. The summed E-state index contributed by atoms with van der Waals surface area (Å²) in [6.45, 7) is 31.1. The number of anilines is 2. The molecule has 0 aliphatic carbocycles. The molecule has 0 radical (unpaired) electrons. The Labute approximate surface area is 263 Å². The van der Waals surface area contributed by atoms with E-state index in [4.69, 9.17) is 15.5 Å². The van der Waals surface area contributed by atoms with Gasteiger partial charge >= 0.3 is 0 Å². The van der Waals surface area contributed by atoms with E-state index in [0.717, 1.165) is 93.1 Å². The van der Waals surface area contributed by atoms with Gasteiger partial charge in [-0.3, -0.25) is 4.90 Å². The molecule has 1 saturated heterocycles. The summed E-state index contributed by atoms with van der Waals surface area (Å²) in [5, 5.41) is 1.07. The number of fused-ring (bicyclic) bond motifs is 3. The molecule has 0 spiro atoms. The monoisotopic (exact) mass is 600 g/mol. The summed E-state index contributed by atoms with van der Waals surface area (Å²) in [7, 11) is 2.19. The number of likely N-dealkylation sites (N-methyl/N-ethyl adjacent to an activating group) is 1. The number of hydrogen-bond donors (Lipinski definition) is 2. The zero-order chi connectivity index (χ0) is 32.6. The topological polar surface area (TPSA) is 86.5 Å². The van der Waals surface area contributed by atoms with Crippen molar-refractivity contribution in [3.8, 4) is 0 Å². The van der Waals surface area contributed by atoms with Crippen LogP contribution in [-0.4, -0.2) is 90.3 Å². The third-order valence-corrected chi connectivity index (χ3v) is 7.79. The van der Waals surface area contributed by atoms with E-state index in [0.29, 0.717) is 11.9 Å². The highest BCUT2D eigenvalue weighted by molar-refractivity contribution is 6.07. The van der Waals surface area contributed by atoms with Crippen molar-refractivity contribution >= 4 is 33.4 Å². The SMILES string of the molecule is CC.CC.CC.CCCc1nc2c([nH]1)c(N)nc1ccc(N3CCN(CC(C)(C)COCCN(C)C(C)CC)CC3)cc12. The Kier molecular flexibility index (Phi) is 17.8. The van der Waals surface area contributed by atoms with Crippen LogP contribution in [0.5, 0.6) is 0 Å². The van der Waals surface area contributed by atoms with Crippen LogP contribution in [-0.2, 0) is 11.2 Å². The van der Waals surface area contributed by atoms with Crippen LogP contribution in [0.2, 0.25) is 0 Å². The normalized spacial score (nSPS) is 14.5. The second-order valence-electron chi connectivity index (χ2n) is 11.6. The molecule has 8 heteroatoms. The predicted molar refractivity (Wildman–Crippen MR) is 189 cm³/mol. The van der Waals surface area contributed by atoms with Crippen LogP contribution < -0.4 is 10.6 Å². The number of aromatic amines is 1. The maximum Gasteiger partial charge on any atom is 0.150 e. The van der Waals surface area contributed by atoms with Gasteiger partial charge in [-0.1, -0.05) is 69.2 Å². The maximum absolute atomic E-state index is 6.24. The van der Waals surface area contributed by atoms with Crippen molar-refractivity contribution in [1.82, 2.24) is 24.8 Å². The number of nitrogen functional groups attached to an aromatic ring is 1. The minimum Gasteiger partial charge on any atom is -0.382 e. The Bertz CT molecular complexity index is 1170. The van der Waals surface area contributed by atoms with E-state index in [-0.39, 0.29) is 5.41 Å². The molecule has 3 heterocycles. The number of H-pyrrole nitrogens is 1. The zero-order valence-electron chi connectivity index (χ0n) is 29.8.